The Morgan fingerprint density at radius 2 is 2.04 bits per heavy atom. The molecule has 28 heavy (non-hydrogen) atoms. The van der Waals surface area contributed by atoms with Crippen molar-refractivity contribution in [2.24, 2.45) is 7.05 Å². The summed E-state index contributed by atoms with van der Waals surface area (Å²) in [5.41, 5.74) is 1.49. The highest BCUT2D eigenvalue weighted by molar-refractivity contribution is 6.31. The van der Waals surface area contributed by atoms with Crippen molar-refractivity contribution in [1.82, 2.24) is 19.3 Å². The minimum absolute atomic E-state index is 0.170. The topological polar surface area (TPSA) is 108 Å². The summed E-state index contributed by atoms with van der Waals surface area (Å²) >= 11 is 6.00. The molecule has 0 aliphatic carbocycles. The van der Waals surface area contributed by atoms with Crippen LogP contribution in [0.5, 0.6) is 0 Å². The first-order chi connectivity index (χ1) is 13.3. The van der Waals surface area contributed by atoms with Crippen molar-refractivity contribution in [2.45, 2.75) is 6.92 Å². The number of halogens is 1. The second-order valence-electron chi connectivity index (χ2n) is 5.91. The minimum atomic E-state index is -0.715. The molecule has 0 saturated heterocycles. The van der Waals surface area contributed by atoms with Crippen LogP contribution in [0.25, 0.3) is 5.69 Å². The molecule has 0 fully saturated rings. The molecule has 0 aliphatic heterocycles. The zero-order valence-electron chi connectivity index (χ0n) is 15.0. The highest BCUT2D eigenvalue weighted by Crippen LogP contribution is 2.24. The van der Waals surface area contributed by atoms with Gasteiger partial charge in [-0.3, -0.25) is 9.59 Å². The van der Waals surface area contributed by atoms with Gasteiger partial charge in [-0.05, 0) is 31.2 Å². The van der Waals surface area contributed by atoms with Crippen LogP contribution in [0.15, 0.2) is 43.1 Å². The molecule has 1 aromatic carbocycles. The summed E-state index contributed by atoms with van der Waals surface area (Å²) in [5, 5.41) is 7.07. The number of ether oxygens (including phenoxy) is 1. The third-order valence-corrected chi connectivity index (χ3v) is 4.09. The van der Waals surface area contributed by atoms with E-state index in [1.54, 1.807) is 25.2 Å². The second-order valence-corrected chi connectivity index (χ2v) is 6.34. The first kappa shape index (κ1) is 19.3. The zero-order valence-corrected chi connectivity index (χ0v) is 15.8. The number of esters is 1. The summed E-state index contributed by atoms with van der Waals surface area (Å²) in [4.78, 5) is 39.7. The van der Waals surface area contributed by atoms with Crippen LogP contribution in [0.3, 0.4) is 0 Å². The Bertz CT molecular complexity index is 1040. The standard InChI is InChI=1S/C18H16ClN5O4/c1-11(25)12-5-16(23(2)7-12)18(27)28-8-17(26)22-14-6-13(19)3-4-15(14)24-10-20-9-21-24/h3-7,9-10H,8H2,1-2H3,(H,22,26). The summed E-state index contributed by atoms with van der Waals surface area (Å²) in [6.45, 7) is 0.887. The number of nitrogens with one attached hydrogen (secondary N) is 1. The highest BCUT2D eigenvalue weighted by atomic mass is 35.5. The van der Waals surface area contributed by atoms with Gasteiger partial charge >= 0.3 is 5.97 Å². The van der Waals surface area contributed by atoms with E-state index in [4.69, 9.17) is 16.3 Å². The van der Waals surface area contributed by atoms with Crippen LogP contribution >= 0.6 is 11.6 Å². The monoisotopic (exact) mass is 401 g/mol. The van der Waals surface area contributed by atoms with E-state index in [1.165, 1.54) is 41.1 Å². The molecule has 0 radical (unpaired) electrons. The van der Waals surface area contributed by atoms with Crippen LogP contribution in [0, 0.1) is 0 Å². The number of rotatable bonds is 6. The van der Waals surface area contributed by atoms with Gasteiger partial charge in [0, 0.05) is 23.8 Å². The molecule has 0 aliphatic rings. The first-order valence-electron chi connectivity index (χ1n) is 8.14. The SMILES string of the molecule is CC(=O)c1cc(C(=O)OCC(=O)Nc2cc(Cl)ccc2-n2cncn2)n(C)c1. The fourth-order valence-corrected chi connectivity index (χ4v) is 2.66. The summed E-state index contributed by atoms with van der Waals surface area (Å²) in [7, 11) is 1.61. The van der Waals surface area contributed by atoms with Crippen molar-refractivity contribution in [3.63, 3.8) is 0 Å². The third kappa shape index (κ3) is 4.26. The van der Waals surface area contributed by atoms with Gasteiger partial charge in [-0.15, -0.1) is 0 Å². The molecule has 0 unspecified atom stereocenters. The molecule has 0 atom stereocenters. The largest absolute Gasteiger partial charge is 0.451 e. The number of ketones is 1. The molecule has 0 saturated carbocycles. The molecule has 144 valence electrons. The van der Waals surface area contributed by atoms with E-state index in [-0.39, 0.29) is 11.5 Å². The Morgan fingerprint density at radius 1 is 1.25 bits per heavy atom. The molecule has 10 heteroatoms. The van der Waals surface area contributed by atoms with Gasteiger partial charge in [0.05, 0.1) is 11.4 Å². The number of amides is 1. The van der Waals surface area contributed by atoms with Crippen LogP contribution < -0.4 is 5.32 Å². The number of benzene rings is 1. The molecule has 3 rings (SSSR count). The van der Waals surface area contributed by atoms with Gasteiger partial charge in [-0.25, -0.2) is 14.5 Å². The Morgan fingerprint density at radius 3 is 2.68 bits per heavy atom. The molecule has 2 aromatic heterocycles. The maximum absolute atomic E-state index is 12.2. The fourth-order valence-electron chi connectivity index (χ4n) is 2.49. The smallest absolute Gasteiger partial charge is 0.355 e. The van der Waals surface area contributed by atoms with Crippen molar-refractivity contribution < 1.29 is 19.1 Å². The lowest BCUT2D eigenvalue weighted by atomic mass is 10.2. The number of hydrogen-bond donors (Lipinski definition) is 1. The van der Waals surface area contributed by atoms with E-state index in [9.17, 15) is 14.4 Å². The summed E-state index contributed by atoms with van der Waals surface area (Å²) in [6, 6.07) is 6.29. The predicted octanol–water partition coefficient (Wildman–Crippen LogP) is 2.26. The van der Waals surface area contributed by atoms with Crippen molar-refractivity contribution in [2.75, 3.05) is 11.9 Å². The summed E-state index contributed by atoms with van der Waals surface area (Å²) < 4.78 is 7.98. The lowest BCUT2D eigenvalue weighted by Crippen LogP contribution is -2.22. The quantitative estimate of drug-likeness (QED) is 0.501. The summed E-state index contributed by atoms with van der Waals surface area (Å²) in [6.07, 6.45) is 4.35. The zero-order chi connectivity index (χ0) is 20.3. The molecule has 0 spiro atoms. The number of carbonyl (C=O) groups excluding carboxylic acids is 3. The molecular weight excluding hydrogens is 386 g/mol. The molecule has 0 bridgehead atoms. The first-order valence-corrected chi connectivity index (χ1v) is 8.52. The van der Waals surface area contributed by atoms with Gasteiger partial charge in [0.25, 0.3) is 5.91 Å². The van der Waals surface area contributed by atoms with Gasteiger partial charge in [0.1, 0.15) is 18.3 Å². The van der Waals surface area contributed by atoms with Crippen LogP contribution in [-0.4, -0.2) is 43.6 Å². The van der Waals surface area contributed by atoms with E-state index < -0.39 is 18.5 Å². The van der Waals surface area contributed by atoms with Crippen LogP contribution in [-0.2, 0) is 16.6 Å². The van der Waals surface area contributed by atoms with Crippen LogP contribution in [0.1, 0.15) is 27.8 Å². The highest BCUT2D eigenvalue weighted by Gasteiger charge is 2.17. The van der Waals surface area contributed by atoms with Crippen molar-refractivity contribution in [1.29, 1.82) is 0 Å². The Hall–Kier alpha value is -3.46. The Labute approximate surface area is 164 Å². The number of hydrogen-bond acceptors (Lipinski definition) is 6. The van der Waals surface area contributed by atoms with Crippen LogP contribution in [0.2, 0.25) is 5.02 Å². The number of carbonyl (C=O) groups is 3. The number of nitrogens with zero attached hydrogens (tertiary/aromatic N) is 4. The average Bonchev–Trinajstić information content (AvgIpc) is 3.29. The summed E-state index contributed by atoms with van der Waals surface area (Å²) in [5.74, 6) is -1.44. The maximum atomic E-state index is 12.2. The van der Waals surface area contributed by atoms with E-state index in [0.29, 0.717) is 22.0 Å². The van der Waals surface area contributed by atoms with E-state index in [2.05, 4.69) is 15.4 Å². The van der Waals surface area contributed by atoms with Gasteiger partial charge < -0.3 is 14.6 Å². The maximum Gasteiger partial charge on any atom is 0.355 e. The van der Waals surface area contributed by atoms with E-state index in [1.807, 2.05) is 0 Å². The third-order valence-electron chi connectivity index (χ3n) is 3.85. The number of aryl methyl sites for hydroxylation is 1. The van der Waals surface area contributed by atoms with E-state index >= 15 is 0 Å². The van der Waals surface area contributed by atoms with Gasteiger partial charge in [0.2, 0.25) is 0 Å². The van der Waals surface area contributed by atoms with Crippen molar-refractivity contribution in [3.8, 4) is 5.69 Å². The molecular formula is C18H16ClN5O4. The Balaban J connectivity index is 1.68. The van der Waals surface area contributed by atoms with Gasteiger partial charge in [-0.1, -0.05) is 11.6 Å². The molecule has 1 N–H and O–H groups in total. The molecule has 1 amide bonds. The predicted molar refractivity (Wildman–Crippen MR) is 101 cm³/mol. The van der Waals surface area contributed by atoms with Gasteiger partial charge in [0.15, 0.2) is 12.4 Å². The number of Topliss-reactive ketones (excluding diaryl/α,β-unsaturated/α-hetero) is 1. The molecule has 2 heterocycles. The number of aromatic nitrogens is 4. The second kappa shape index (κ2) is 8.05. The molecule has 3 aromatic rings. The lowest BCUT2D eigenvalue weighted by Gasteiger charge is -2.11. The minimum Gasteiger partial charge on any atom is -0.451 e. The van der Waals surface area contributed by atoms with E-state index in [0.717, 1.165) is 0 Å². The van der Waals surface area contributed by atoms with Gasteiger partial charge in [-0.2, -0.15) is 5.10 Å². The van der Waals surface area contributed by atoms with Crippen molar-refractivity contribution >= 4 is 34.9 Å². The van der Waals surface area contributed by atoms with Crippen LogP contribution in [0.4, 0.5) is 5.69 Å². The average molecular weight is 402 g/mol. The lowest BCUT2D eigenvalue weighted by molar-refractivity contribution is -0.119. The van der Waals surface area contributed by atoms with Crippen molar-refractivity contribution in [3.05, 3.63) is 59.4 Å². The fraction of sp³-hybridized carbons (Fsp3) is 0.167. The molecule has 9 nitrogen and oxygen atoms in total. The number of anilines is 1. The Kier molecular flexibility index (Phi) is 5.55. The normalized spacial score (nSPS) is 10.5.